The maximum atomic E-state index is 12.7. The quantitative estimate of drug-likeness (QED) is 0.223. The summed E-state index contributed by atoms with van der Waals surface area (Å²) in [5.74, 6) is 2.29. The molecule has 0 saturated heterocycles. The Bertz CT molecular complexity index is 1180. The van der Waals surface area contributed by atoms with E-state index < -0.39 is 0 Å². The minimum Gasteiger partial charge on any atom is -0.493 e. The third-order valence-electron chi connectivity index (χ3n) is 7.20. The molecule has 0 bridgehead atoms. The predicted molar refractivity (Wildman–Crippen MR) is 160 cm³/mol. The number of hydrogen-bond acceptors (Lipinski definition) is 5. The highest BCUT2D eigenvalue weighted by atomic mass is 16.5. The first kappa shape index (κ1) is 30.2. The number of amides is 1. The van der Waals surface area contributed by atoms with E-state index >= 15 is 0 Å². The van der Waals surface area contributed by atoms with Crippen molar-refractivity contribution in [1.82, 2.24) is 15.1 Å². The molecule has 0 aliphatic heterocycles. The average Bonchev–Trinajstić information content (AvgIpc) is 2.93. The van der Waals surface area contributed by atoms with Crippen molar-refractivity contribution in [2.45, 2.75) is 46.1 Å². The van der Waals surface area contributed by atoms with Crippen molar-refractivity contribution in [3.05, 3.63) is 89.0 Å². The zero-order chi connectivity index (χ0) is 28.2. The third kappa shape index (κ3) is 9.41. The number of nitrogens with one attached hydrogen (secondary N) is 1. The van der Waals surface area contributed by atoms with Crippen molar-refractivity contribution in [3.63, 3.8) is 0 Å². The summed E-state index contributed by atoms with van der Waals surface area (Å²) in [6.07, 6.45) is 3.06. The fourth-order valence-corrected chi connectivity index (χ4v) is 4.53. The van der Waals surface area contributed by atoms with Gasteiger partial charge in [-0.15, -0.1) is 0 Å². The summed E-state index contributed by atoms with van der Waals surface area (Å²) < 4.78 is 12.0. The Balaban J connectivity index is 1.44. The molecule has 0 aromatic heterocycles. The van der Waals surface area contributed by atoms with Crippen LogP contribution in [0.4, 0.5) is 0 Å². The number of benzene rings is 3. The van der Waals surface area contributed by atoms with Crippen LogP contribution < -0.4 is 14.8 Å². The lowest BCUT2D eigenvalue weighted by Gasteiger charge is -2.27. The van der Waals surface area contributed by atoms with E-state index in [4.69, 9.17) is 9.47 Å². The maximum absolute atomic E-state index is 12.7. The predicted octanol–water partition coefficient (Wildman–Crippen LogP) is 6.63. The first-order chi connectivity index (χ1) is 18.8. The van der Waals surface area contributed by atoms with Crippen molar-refractivity contribution >= 4 is 5.91 Å². The molecule has 39 heavy (non-hydrogen) atoms. The zero-order valence-corrected chi connectivity index (χ0v) is 24.5. The van der Waals surface area contributed by atoms with Gasteiger partial charge in [-0.25, -0.2) is 0 Å². The monoisotopic (exact) mass is 531 g/mol. The molecule has 6 heteroatoms. The molecule has 1 unspecified atom stereocenters. The summed E-state index contributed by atoms with van der Waals surface area (Å²) >= 11 is 0. The molecule has 3 aromatic rings. The van der Waals surface area contributed by atoms with Gasteiger partial charge in [0.1, 0.15) is 17.2 Å². The fraction of sp³-hybridized carbons (Fsp3) is 0.424. The van der Waals surface area contributed by atoms with E-state index in [-0.39, 0.29) is 11.9 Å². The minimum absolute atomic E-state index is 0.0898. The normalized spacial score (nSPS) is 12.0. The summed E-state index contributed by atoms with van der Waals surface area (Å²) in [5.41, 5.74) is 4.41. The van der Waals surface area contributed by atoms with Crippen LogP contribution in [0.1, 0.15) is 59.3 Å². The highest BCUT2D eigenvalue weighted by Crippen LogP contribution is 2.30. The summed E-state index contributed by atoms with van der Waals surface area (Å²) in [6.45, 7) is 9.89. The number of para-hydroxylation sites is 1. The molecule has 210 valence electrons. The fourth-order valence-electron chi connectivity index (χ4n) is 4.53. The Labute approximate surface area is 234 Å². The van der Waals surface area contributed by atoms with Crippen LogP contribution in [-0.2, 0) is 0 Å². The van der Waals surface area contributed by atoms with Gasteiger partial charge in [-0.2, -0.15) is 0 Å². The van der Waals surface area contributed by atoms with E-state index in [1.807, 2.05) is 48.5 Å². The number of nitrogens with zero attached hydrogens (tertiary/aromatic N) is 2. The van der Waals surface area contributed by atoms with Crippen LogP contribution in [0.15, 0.2) is 66.7 Å². The van der Waals surface area contributed by atoms with E-state index in [0.29, 0.717) is 17.9 Å². The van der Waals surface area contributed by atoms with Gasteiger partial charge in [0.2, 0.25) is 0 Å². The molecule has 3 rings (SSSR count). The Morgan fingerprint density at radius 2 is 1.59 bits per heavy atom. The molecule has 0 heterocycles. The largest absolute Gasteiger partial charge is 0.493 e. The molecule has 1 atom stereocenters. The molecular formula is C33H45N3O3. The van der Waals surface area contributed by atoms with E-state index in [1.165, 1.54) is 16.7 Å². The van der Waals surface area contributed by atoms with Crippen molar-refractivity contribution in [1.29, 1.82) is 0 Å². The number of unbranched alkanes of at least 4 members (excludes halogenated alkanes) is 1. The van der Waals surface area contributed by atoms with E-state index in [1.54, 1.807) is 6.07 Å². The smallest absolute Gasteiger partial charge is 0.251 e. The van der Waals surface area contributed by atoms with Gasteiger partial charge in [-0.3, -0.25) is 9.69 Å². The van der Waals surface area contributed by atoms with Crippen LogP contribution in [0.3, 0.4) is 0 Å². The topological polar surface area (TPSA) is 54.0 Å². The van der Waals surface area contributed by atoms with Gasteiger partial charge >= 0.3 is 0 Å². The van der Waals surface area contributed by atoms with E-state index in [2.05, 4.69) is 69.2 Å². The molecule has 3 aromatic carbocycles. The first-order valence-electron chi connectivity index (χ1n) is 13.9. The number of hydrogen-bond donors (Lipinski definition) is 1. The lowest BCUT2D eigenvalue weighted by atomic mass is 9.96. The van der Waals surface area contributed by atoms with Crippen LogP contribution in [0.25, 0.3) is 0 Å². The molecule has 6 nitrogen and oxygen atoms in total. The molecule has 0 spiro atoms. The second kappa shape index (κ2) is 15.3. The average molecular weight is 532 g/mol. The zero-order valence-electron chi connectivity index (χ0n) is 24.5. The number of ether oxygens (including phenoxy) is 2. The van der Waals surface area contributed by atoms with Gasteiger partial charge in [0.05, 0.1) is 6.61 Å². The van der Waals surface area contributed by atoms with Crippen molar-refractivity contribution in [2.24, 2.45) is 0 Å². The lowest BCUT2D eigenvalue weighted by Crippen LogP contribution is -2.29. The van der Waals surface area contributed by atoms with Gasteiger partial charge in [0, 0.05) is 24.7 Å². The second-order valence-electron chi connectivity index (χ2n) is 10.5. The van der Waals surface area contributed by atoms with E-state index in [0.717, 1.165) is 50.5 Å². The minimum atomic E-state index is -0.0898. The number of carbonyl (C=O) groups excluding carboxylic acids is 1. The summed E-state index contributed by atoms with van der Waals surface area (Å²) in [6, 6.07) is 21.4. The summed E-state index contributed by atoms with van der Waals surface area (Å²) in [5, 5.41) is 3.05. The highest BCUT2D eigenvalue weighted by molar-refractivity contribution is 5.94. The van der Waals surface area contributed by atoms with Crippen LogP contribution in [0, 0.1) is 13.8 Å². The summed E-state index contributed by atoms with van der Waals surface area (Å²) in [4.78, 5) is 17.3. The van der Waals surface area contributed by atoms with Crippen LogP contribution in [0.2, 0.25) is 0 Å². The van der Waals surface area contributed by atoms with Gasteiger partial charge in [0.25, 0.3) is 5.91 Å². The van der Waals surface area contributed by atoms with Crippen LogP contribution in [0.5, 0.6) is 17.2 Å². The van der Waals surface area contributed by atoms with Gasteiger partial charge < -0.3 is 19.7 Å². The van der Waals surface area contributed by atoms with Crippen molar-refractivity contribution in [3.8, 4) is 17.2 Å². The Morgan fingerprint density at radius 3 is 2.33 bits per heavy atom. The summed E-state index contributed by atoms with van der Waals surface area (Å²) in [7, 11) is 6.34. The highest BCUT2D eigenvalue weighted by Gasteiger charge is 2.17. The molecule has 0 radical (unpaired) electrons. The van der Waals surface area contributed by atoms with Crippen molar-refractivity contribution in [2.75, 3.05) is 47.4 Å². The second-order valence-corrected chi connectivity index (χ2v) is 10.5. The lowest BCUT2D eigenvalue weighted by molar-refractivity contribution is 0.0951. The molecule has 1 N–H and O–H groups in total. The molecule has 0 fully saturated rings. The molecule has 0 aliphatic carbocycles. The Kier molecular flexibility index (Phi) is 11.8. The van der Waals surface area contributed by atoms with Gasteiger partial charge in [0.15, 0.2) is 0 Å². The van der Waals surface area contributed by atoms with E-state index in [9.17, 15) is 4.79 Å². The molecular weight excluding hydrogens is 486 g/mol. The number of carbonyl (C=O) groups is 1. The molecule has 1 amide bonds. The van der Waals surface area contributed by atoms with Crippen LogP contribution >= 0.6 is 0 Å². The SMILES string of the molecule is Cc1c(OCCCCN(C)C)ccc(C(C)N(C)CCCNC(=O)c2cccc(Oc3ccccc3)c2)c1C. The Morgan fingerprint density at radius 1 is 0.846 bits per heavy atom. The molecule has 0 aliphatic rings. The standard InChI is InChI=1S/C33H45N3O3/c1-25-26(2)32(38-23-11-10-21-35(4)5)19-18-31(25)27(3)36(6)22-13-20-34-33(37)28-14-12-17-30(24-28)39-29-15-8-7-9-16-29/h7-9,12,14-19,24,27H,10-11,13,20-23H2,1-6H3,(H,34,37). The maximum Gasteiger partial charge on any atom is 0.251 e. The van der Waals surface area contributed by atoms with Crippen LogP contribution in [-0.4, -0.2) is 63.1 Å². The first-order valence-corrected chi connectivity index (χ1v) is 13.9. The Hall–Kier alpha value is -3.35. The van der Waals surface area contributed by atoms with Crippen molar-refractivity contribution < 1.29 is 14.3 Å². The third-order valence-corrected chi connectivity index (χ3v) is 7.20. The number of rotatable bonds is 15. The van der Waals surface area contributed by atoms with Gasteiger partial charge in [-0.1, -0.05) is 30.3 Å². The van der Waals surface area contributed by atoms with Gasteiger partial charge in [-0.05, 0) is 121 Å². The molecule has 0 saturated carbocycles.